The monoisotopic (exact) mass is 650 g/mol. The van der Waals surface area contributed by atoms with Gasteiger partial charge in [-0.2, -0.15) is 0 Å². The lowest BCUT2D eigenvalue weighted by atomic mass is 10.1. The molecule has 0 aliphatic carbocycles. The Balaban J connectivity index is 1.42. The Morgan fingerprint density at radius 1 is 0.435 bits per heavy atom. The van der Waals surface area contributed by atoms with Gasteiger partial charge in [-0.3, -0.25) is 0 Å². The van der Waals surface area contributed by atoms with Crippen molar-refractivity contribution in [2.45, 2.75) is 54.2 Å². The topological polar surface area (TPSA) is 47.9 Å². The van der Waals surface area contributed by atoms with Gasteiger partial charge in [-0.1, -0.05) is 152 Å². The molecule has 0 aliphatic heterocycles. The van der Waals surface area contributed by atoms with E-state index in [1.165, 1.54) is 11.1 Å². The molecule has 238 valence electrons. The summed E-state index contributed by atoms with van der Waals surface area (Å²) in [5.41, 5.74) is 5.66. The molecule has 0 unspecified atom stereocenters. The first-order valence-corrected chi connectivity index (χ1v) is 17.8. The van der Waals surface area contributed by atoms with Crippen molar-refractivity contribution in [1.82, 2.24) is 0 Å². The first-order chi connectivity index (χ1) is 22.7. The summed E-state index contributed by atoms with van der Waals surface area (Å²) < 4.78 is 19.5. The smallest absolute Gasteiger partial charge is 0.114 e. The first-order valence-electron chi connectivity index (χ1n) is 15.7. The van der Waals surface area contributed by atoms with Crippen LogP contribution in [0.1, 0.15) is 27.8 Å². The van der Waals surface area contributed by atoms with E-state index in [4.69, 9.17) is 14.2 Å². The minimum absolute atomic E-state index is 0.0475. The van der Waals surface area contributed by atoms with Gasteiger partial charge in [0.15, 0.2) is 0 Å². The largest absolute Gasteiger partial charge is 0.388 e. The molecule has 0 aliphatic rings. The number of hydrogen-bond donors (Lipinski definition) is 1. The Hall–Kier alpha value is -3.36. The standard InChI is InChI=1S/C40H42O4S2/c41-37(29-42-26-32-16-6-1-7-17-32)38(43-27-33-18-8-2-9-19-33)39(44-28-34-20-10-3-11-21-34)40(45-30-35-22-12-4-13-23-35)46-31-36-24-14-5-15-25-36/h1-25,37-41H,26-31H2/t37-,38+,39+/m0/s1. The van der Waals surface area contributed by atoms with Crippen LogP contribution in [0.5, 0.6) is 0 Å². The van der Waals surface area contributed by atoms with Crippen LogP contribution in [0, 0.1) is 0 Å². The van der Waals surface area contributed by atoms with E-state index in [1.54, 1.807) is 0 Å². The van der Waals surface area contributed by atoms with E-state index in [0.29, 0.717) is 19.8 Å². The fourth-order valence-electron chi connectivity index (χ4n) is 5.00. The SMILES string of the molecule is O[C@@H](COCc1ccccc1)[C@@H](OCc1ccccc1)[C@@H](OCc1ccccc1)C(SCc1ccccc1)SCc1ccccc1. The van der Waals surface area contributed by atoms with Crippen molar-refractivity contribution in [1.29, 1.82) is 0 Å². The molecule has 5 aromatic carbocycles. The second-order valence-electron chi connectivity index (χ2n) is 11.1. The minimum atomic E-state index is -0.912. The highest BCUT2D eigenvalue weighted by Gasteiger charge is 2.37. The summed E-state index contributed by atoms with van der Waals surface area (Å²) in [5.74, 6) is 1.62. The van der Waals surface area contributed by atoms with Gasteiger partial charge in [0.05, 0.1) is 31.0 Å². The average molecular weight is 651 g/mol. The molecular weight excluding hydrogens is 609 g/mol. The molecule has 6 heteroatoms. The lowest BCUT2D eigenvalue weighted by Gasteiger charge is -2.36. The number of thioether (sulfide) groups is 2. The van der Waals surface area contributed by atoms with Crippen LogP contribution in [0.15, 0.2) is 152 Å². The molecule has 5 rings (SSSR count). The highest BCUT2D eigenvalue weighted by Crippen LogP contribution is 2.37. The third-order valence-corrected chi connectivity index (χ3v) is 10.5. The molecule has 0 saturated carbocycles. The molecule has 3 atom stereocenters. The van der Waals surface area contributed by atoms with Gasteiger partial charge >= 0.3 is 0 Å². The van der Waals surface area contributed by atoms with Crippen molar-refractivity contribution in [3.63, 3.8) is 0 Å². The van der Waals surface area contributed by atoms with Crippen molar-refractivity contribution in [2.24, 2.45) is 0 Å². The molecule has 0 radical (unpaired) electrons. The Kier molecular flexibility index (Phi) is 14.3. The predicted molar refractivity (Wildman–Crippen MR) is 191 cm³/mol. The Morgan fingerprint density at radius 3 is 1.20 bits per heavy atom. The number of rotatable bonds is 19. The van der Waals surface area contributed by atoms with Crippen LogP contribution in [-0.4, -0.2) is 34.6 Å². The summed E-state index contributed by atoms with van der Waals surface area (Å²) in [7, 11) is 0. The van der Waals surface area contributed by atoms with Gasteiger partial charge in [-0.15, -0.1) is 23.5 Å². The first kappa shape index (κ1) is 34.0. The maximum Gasteiger partial charge on any atom is 0.114 e. The quantitative estimate of drug-likeness (QED) is 0.0901. The zero-order chi connectivity index (χ0) is 31.7. The van der Waals surface area contributed by atoms with Crippen molar-refractivity contribution in [3.05, 3.63) is 179 Å². The van der Waals surface area contributed by atoms with Crippen molar-refractivity contribution in [2.75, 3.05) is 6.61 Å². The van der Waals surface area contributed by atoms with E-state index in [1.807, 2.05) is 115 Å². The van der Waals surface area contributed by atoms with Gasteiger partial charge in [0, 0.05) is 11.5 Å². The normalized spacial score (nSPS) is 13.3. The third-order valence-electron chi connectivity index (χ3n) is 7.46. The maximum absolute atomic E-state index is 11.8. The van der Waals surface area contributed by atoms with Gasteiger partial charge in [0.2, 0.25) is 0 Å². The summed E-state index contributed by atoms with van der Waals surface area (Å²) in [5, 5.41) is 11.8. The van der Waals surface area contributed by atoms with Crippen LogP contribution < -0.4 is 0 Å². The van der Waals surface area contributed by atoms with Crippen molar-refractivity contribution in [3.8, 4) is 0 Å². The number of hydrogen-bond acceptors (Lipinski definition) is 6. The second-order valence-corrected chi connectivity index (χ2v) is 13.6. The molecule has 5 aromatic rings. The van der Waals surface area contributed by atoms with Gasteiger partial charge in [0.1, 0.15) is 18.3 Å². The Labute approximate surface area is 282 Å². The summed E-state index contributed by atoms with van der Waals surface area (Å²) in [6, 6.07) is 51.3. The van der Waals surface area contributed by atoms with Gasteiger partial charge in [-0.05, 0) is 27.8 Å². The summed E-state index contributed by atoms with van der Waals surface area (Å²) in [6.07, 6.45) is -2.00. The van der Waals surface area contributed by atoms with Crippen LogP contribution in [0.25, 0.3) is 0 Å². The Bertz CT molecular complexity index is 1450. The van der Waals surface area contributed by atoms with Crippen LogP contribution in [0.4, 0.5) is 0 Å². The molecule has 1 N–H and O–H groups in total. The fourth-order valence-corrected chi connectivity index (χ4v) is 7.73. The summed E-state index contributed by atoms with van der Waals surface area (Å²) in [4.78, 5) is 0. The zero-order valence-electron chi connectivity index (χ0n) is 26.0. The maximum atomic E-state index is 11.8. The molecular formula is C40H42O4S2. The molecule has 4 nitrogen and oxygen atoms in total. The Morgan fingerprint density at radius 2 is 0.783 bits per heavy atom. The second kappa shape index (κ2) is 19.3. The molecule has 46 heavy (non-hydrogen) atoms. The van der Waals surface area contributed by atoms with Crippen LogP contribution in [0.3, 0.4) is 0 Å². The van der Waals surface area contributed by atoms with Crippen molar-refractivity contribution >= 4 is 23.5 Å². The van der Waals surface area contributed by atoms with E-state index >= 15 is 0 Å². The molecule has 0 fully saturated rings. The van der Waals surface area contributed by atoms with E-state index in [-0.39, 0.29) is 11.2 Å². The fraction of sp³-hybridized carbons (Fsp3) is 0.250. The summed E-state index contributed by atoms with van der Waals surface area (Å²) in [6.45, 7) is 1.29. The molecule has 0 aromatic heterocycles. The van der Waals surface area contributed by atoms with E-state index in [2.05, 4.69) is 60.7 Å². The third kappa shape index (κ3) is 11.5. The van der Waals surface area contributed by atoms with Gasteiger partial charge in [-0.25, -0.2) is 0 Å². The number of ether oxygens (including phenoxy) is 3. The highest BCUT2D eigenvalue weighted by atomic mass is 32.2. The van der Waals surface area contributed by atoms with Crippen molar-refractivity contribution < 1.29 is 19.3 Å². The molecule has 0 heterocycles. The number of benzene rings is 5. The van der Waals surface area contributed by atoms with E-state index in [9.17, 15) is 5.11 Å². The lowest BCUT2D eigenvalue weighted by Crippen LogP contribution is -2.47. The number of aliphatic hydroxyl groups excluding tert-OH is 1. The predicted octanol–water partition coefficient (Wildman–Crippen LogP) is 8.93. The lowest BCUT2D eigenvalue weighted by molar-refractivity contribution is -0.142. The van der Waals surface area contributed by atoms with E-state index < -0.39 is 18.3 Å². The minimum Gasteiger partial charge on any atom is -0.388 e. The zero-order valence-corrected chi connectivity index (χ0v) is 27.6. The van der Waals surface area contributed by atoms with Crippen LogP contribution in [0.2, 0.25) is 0 Å². The molecule has 0 bridgehead atoms. The van der Waals surface area contributed by atoms with Gasteiger partial charge < -0.3 is 19.3 Å². The molecule has 0 spiro atoms. The average Bonchev–Trinajstić information content (AvgIpc) is 3.12. The van der Waals surface area contributed by atoms with Crippen LogP contribution in [-0.2, 0) is 45.5 Å². The van der Waals surface area contributed by atoms with Crippen LogP contribution >= 0.6 is 23.5 Å². The highest BCUT2D eigenvalue weighted by molar-refractivity contribution is 8.16. The van der Waals surface area contributed by atoms with E-state index in [0.717, 1.165) is 28.2 Å². The molecule has 0 amide bonds. The molecule has 0 saturated heterocycles. The number of aliphatic hydroxyl groups is 1. The summed E-state index contributed by atoms with van der Waals surface area (Å²) >= 11 is 3.66. The van der Waals surface area contributed by atoms with Gasteiger partial charge in [0.25, 0.3) is 0 Å².